The zero-order valence-electron chi connectivity index (χ0n) is 15.5. The lowest BCUT2D eigenvalue weighted by Crippen LogP contribution is -2.65. The zero-order valence-corrected chi connectivity index (χ0v) is 15.5. The van der Waals surface area contributed by atoms with Gasteiger partial charge in [0, 0.05) is 19.5 Å². The Morgan fingerprint density at radius 1 is 1.08 bits per heavy atom. The Kier molecular flexibility index (Phi) is 4.71. The number of amides is 4. The van der Waals surface area contributed by atoms with Gasteiger partial charge < -0.3 is 15.4 Å². The second-order valence-electron chi connectivity index (χ2n) is 8.32. The summed E-state index contributed by atoms with van der Waals surface area (Å²) in [5.74, 6) is -0.329. The molecule has 4 saturated carbocycles. The van der Waals surface area contributed by atoms with Gasteiger partial charge in [0.05, 0.1) is 5.41 Å². The van der Waals surface area contributed by atoms with Crippen LogP contribution in [0.4, 0.5) is 4.79 Å². The van der Waals surface area contributed by atoms with Crippen molar-refractivity contribution >= 4 is 23.8 Å². The van der Waals surface area contributed by atoms with Crippen molar-refractivity contribution in [2.24, 2.45) is 17.3 Å². The number of carbonyl (C=O) groups excluding carboxylic acids is 4. The summed E-state index contributed by atoms with van der Waals surface area (Å²) in [4.78, 5) is 47.9. The molecule has 3 unspecified atom stereocenters. The Hall–Kier alpha value is -2.12. The van der Waals surface area contributed by atoms with Crippen molar-refractivity contribution < 1.29 is 23.9 Å². The maximum absolute atomic E-state index is 13.0. The molecule has 8 heteroatoms. The van der Waals surface area contributed by atoms with Gasteiger partial charge in [-0.3, -0.25) is 19.7 Å². The van der Waals surface area contributed by atoms with Gasteiger partial charge in [-0.25, -0.2) is 4.79 Å². The van der Waals surface area contributed by atoms with Gasteiger partial charge in [0.1, 0.15) is 0 Å². The first-order valence-electron chi connectivity index (χ1n) is 9.19. The molecule has 3 atom stereocenters. The van der Waals surface area contributed by atoms with Crippen molar-refractivity contribution in [3.63, 3.8) is 0 Å². The van der Waals surface area contributed by atoms with E-state index in [0.717, 1.165) is 32.1 Å². The average molecular weight is 365 g/mol. The number of nitrogens with one attached hydrogen (secondary N) is 3. The van der Waals surface area contributed by atoms with Gasteiger partial charge in [-0.1, -0.05) is 0 Å². The predicted molar refractivity (Wildman–Crippen MR) is 91.8 cm³/mol. The molecule has 4 amide bonds. The van der Waals surface area contributed by atoms with Gasteiger partial charge in [0.2, 0.25) is 5.91 Å². The van der Waals surface area contributed by atoms with E-state index in [2.05, 4.69) is 16.0 Å². The van der Waals surface area contributed by atoms with Gasteiger partial charge in [0.25, 0.3) is 5.91 Å². The summed E-state index contributed by atoms with van der Waals surface area (Å²) in [7, 11) is 1.40. The van der Waals surface area contributed by atoms with Crippen LogP contribution >= 0.6 is 0 Å². The molecule has 4 bridgehead atoms. The minimum Gasteiger partial charge on any atom is -0.452 e. The summed E-state index contributed by atoms with van der Waals surface area (Å²) in [5, 5.41) is 7.50. The second kappa shape index (κ2) is 6.55. The van der Waals surface area contributed by atoms with Gasteiger partial charge >= 0.3 is 12.0 Å². The minimum absolute atomic E-state index is 0.0752. The van der Waals surface area contributed by atoms with Crippen molar-refractivity contribution in [3.8, 4) is 0 Å². The van der Waals surface area contributed by atoms with Crippen molar-refractivity contribution in [1.82, 2.24) is 16.0 Å². The highest BCUT2D eigenvalue weighted by atomic mass is 16.5. The fourth-order valence-corrected chi connectivity index (χ4v) is 5.64. The second-order valence-corrected chi connectivity index (χ2v) is 8.32. The summed E-state index contributed by atoms with van der Waals surface area (Å²) < 4.78 is 5.45. The van der Waals surface area contributed by atoms with Crippen LogP contribution in [-0.2, 0) is 19.1 Å². The molecule has 4 aliphatic carbocycles. The molecule has 0 radical (unpaired) electrons. The highest BCUT2D eigenvalue weighted by Gasteiger charge is 2.61. The third-order valence-electron chi connectivity index (χ3n) is 6.05. The highest BCUT2D eigenvalue weighted by Crippen LogP contribution is 2.62. The number of hydrogen-bond donors (Lipinski definition) is 3. The number of carbonyl (C=O) groups is 4. The fraction of sp³-hybridized carbons (Fsp3) is 0.778. The average Bonchev–Trinajstić information content (AvgIpc) is 2.51. The van der Waals surface area contributed by atoms with E-state index in [1.165, 1.54) is 20.9 Å². The SMILES string of the molecule is CNC(=O)NC(=O)C(C)OC(=O)C12CC3CC(CC(NC(C)=O)(C3)C1)C2. The molecule has 0 saturated heterocycles. The molecule has 3 N–H and O–H groups in total. The Bertz CT molecular complexity index is 633. The van der Waals surface area contributed by atoms with E-state index >= 15 is 0 Å². The first kappa shape index (κ1) is 18.7. The van der Waals surface area contributed by atoms with Crippen LogP contribution in [0.1, 0.15) is 52.4 Å². The number of imide groups is 1. The maximum Gasteiger partial charge on any atom is 0.321 e. The minimum atomic E-state index is -1.05. The van der Waals surface area contributed by atoms with Gasteiger partial charge in [-0.15, -0.1) is 0 Å². The highest BCUT2D eigenvalue weighted by molar-refractivity contribution is 5.97. The largest absolute Gasteiger partial charge is 0.452 e. The quantitative estimate of drug-likeness (QED) is 0.639. The normalized spacial score (nSPS) is 35.3. The summed E-state index contributed by atoms with van der Waals surface area (Å²) in [6.07, 6.45) is 3.90. The molecule has 144 valence electrons. The molecule has 4 fully saturated rings. The van der Waals surface area contributed by atoms with Crippen LogP contribution in [-0.4, -0.2) is 42.5 Å². The third-order valence-corrected chi connectivity index (χ3v) is 6.05. The predicted octanol–water partition coefficient (Wildman–Crippen LogP) is 0.849. The Balaban J connectivity index is 1.71. The first-order valence-corrected chi connectivity index (χ1v) is 9.19. The van der Waals surface area contributed by atoms with E-state index in [4.69, 9.17) is 4.74 Å². The van der Waals surface area contributed by atoms with E-state index in [-0.39, 0.29) is 17.4 Å². The number of urea groups is 1. The summed E-state index contributed by atoms with van der Waals surface area (Å²) >= 11 is 0. The number of rotatable bonds is 4. The lowest BCUT2D eigenvalue weighted by molar-refractivity contribution is -0.182. The van der Waals surface area contributed by atoms with E-state index in [9.17, 15) is 19.2 Å². The Labute approximate surface area is 152 Å². The van der Waals surface area contributed by atoms with Crippen LogP contribution in [0, 0.1) is 17.3 Å². The zero-order chi connectivity index (χ0) is 19.1. The van der Waals surface area contributed by atoms with Crippen LogP contribution in [0.25, 0.3) is 0 Å². The fourth-order valence-electron chi connectivity index (χ4n) is 5.64. The molecule has 0 spiro atoms. The number of ether oxygens (including phenoxy) is 1. The molecule has 0 aliphatic heterocycles. The molecule has 0 aromatic heterocycles. The summed E-state index contributed by atoms with van der Waals surface area (Å²) in [5.41, 5.74) is -0.976. The lowest BCUT2D eigenvalue weighted by Gasteiger charge is -2.60. The molecule has 4 rings (SSSR count). The Morgan fingerprint density at radius 3 is 2.23 bits per heavy atom. The number of hydrogen-bond acceptors (Lipinski definition) is 5. The smallest absolute Gasteiger partial charge is 0.321 e. The van der Waals surface area contributed by atoms with Crippen molar-refractivity contribution in [2.75, 3.05) is 7.05 Å². The molecule has 8 nitrogen and oxygen atoms in total. The third kappa shape index (κ3) is 3.41. The topological polar surface area (TPSA) is 114 Å². The van der Waals surface area contributed by atoms with E-state index in [0.29, 0.717) is 18.3 Å². The molecule has 4 aliphatic rings. The van der Waals surface area contributed by atoms with Gasteiger partial charge in [-0.05, 0) is 57.3 Å². The van der Waals surface area contributed by atoms with Crippen molar-refractivity contribution in [1.29, 1.82) is 0 Å². The standard InChI is InChI=1S/C18H27N3O5/c1-10(14(23)20-16(25)19-3)26-15(24)17-5-12-4-13(6-17)8-18(7-12,9-17)21-11(2)22/h10,12-13H,4-9H2,1-3H3,(H,21,22)(H2,19,20,23,25). The van der Waals surface area contributed by atoms with Crippen molar-refractivity contribution in [3.05, 3.63) is 0 Å². The van der Waals surface area contributed by atoms with Gasteiger partial charge in [0.15, 0.2) is 6.10 Å². The maximum atomic E-state index is 13.0. The molecule has 0 heterocycles. The first-order chi connectivity index (χ1) is 12.2. The summed E-state index contributed by atoms with van der Waals surface area (Å²) in [6.45, 7) is 2.97. The van der Waals surface area contributed by atoms with E-state index < -0.39 is 23.5 Å². The molecular formula is C18H27N3O5. The van der Waals surface area contributed by atoms with Crippen LogP contribution in [0.2, 0.25) is 0 Å². The Morgan fingerprint density at radius 2 is 1.69 bits per heavy atom. The monoisotopic (exact) mass is 365 g/mol. The molecule has 0 aromatic rings. The molecule has 0 aromatic carbocycles. The summed E-state index contributed by atoms with van der Waals surface area (Å²) in [6, 6.07) is -0.641. The lowest BCUT2D eigenvalue weighted by atomic mass is 9.47. The van der Waals surface area contributed by atoms with E-state index in [1.807, 2.05) is 0 Å². The van der Waals surface area contributed by atoms with Crippen molar-refractivity contribution in [2.45, 2.75) is 64.0 Å². The van der Waals surface area contributed by atoms with Crippen LogP contribution < -0.4 is 16.0 Å². The van der Waals surface area contributed by atoms with Crippen LogP contribution in [0.5, 0.6) is 0 Å². The number of esters is 1. The molecule has 26 heavy (non-hydrogen) atoms. The van der Waals surface area contributed by atoms with Crippen LogP contribution in [0.3, 0.4) is 0 Å². The van der Waals surface area contributed by atoms with E-state index in [1.54, 1.807) is 0 Å². The van der Waals surface area contributed by atoms with Gasteiger partial charge in [-0.2, -0.15) is 0 Å². The molecular weight excluding hydrogens is 338 g/mol. The van der Waals surface area contributed by atoms with Crippen LogP contribution in [0.15, 0.2) is 0 Å².